The number of anilines is 1. The van der Waals surface area contributed by atoms with E-state index in [1.54, 1.807) is 36.8 Å². The average molecular weight is 506 g/mol. The van der Waals surface area contributed by atoms with Gasteiger partial charge in [0, 0.05) is 51.9 Å². The van der Waals surface area contributed by atoms with Gasteiger partial charge in [-0.3, -0.25) is 4.98 Å². The standard InChI is InChI=1S/C18H15Cl2N3O.C6H10O3.CH4/c1-11(17-14(19)5-2-6-15(17)20)24-16-8-13(10-23-18(16)21)12-4-3-7-22-9-12;7-4-3-9-5-1-2-8-6(4)5;/h2-11H,1H3,(H2,21,23);4-7H,1-3H2;1H4. The monoisotopic (exact) mass is 505 g/mol. The van der Waals surface area contributed by atoms with Crippen LogP contribution >= 0.6 is 23.2 Å². The molecule has 0 spiro atoms. The van der Waals surface area contributed by atoms with Crippen LogP contribution in [0.15, 0.2) is 55.0 Å². The van der Waals surface area contributed by atoms with Crippen molar-refractivity contribution in [3.8, 4) is 16.9 Å². The SMILES string of the molecule is C.CC(Oc1cc(-c2cccnc2)cnc1N)c1c(Cl)cccc1Cl.OC1COC2CCOC12. The molecule has 4 atom stereocenters. The number of rotatable bonds is 4. The Morgan fingerprint density at radius 2 is 1.88 bits per heavy atom. The van der Waals surface area contributed by atoms with Gasteiger partial charge in [-0.1, -0.05) is 42.8 Å². The largest absolute Gasteiger partial charge is 0.482 e. The molecule has 34 heavy (non-hydrogen) atoms. The molecule has 7 nitrogen and oxygen atoms in total. The van der Waals surface area contributed by atoms with Crippen molar-refractivity contribution >= 4 is 29.0 Å². The molecular weight excluding hydrogens is 477 g/mol. The van der Waals surface area contributed by atoms with Crippen molar-refractivity contribution in [1.29, 1.82) is 0 Å². The first-order valence-electron chi connectivity index (χ1n) is 10.6. The summed E-state index contributed by atoms with van der Waals surface area (Å²) in [5.74, 6) is 0.775. The van der Waals surface area contributed by atoms with Crippen LogP contribution in [0.4, 0.5) is 5.82 Å². The van der Waals surface area contributed by atoms with Gasteiger partial charge >= 0.3 is 0 Å². The maximum Gasteiger partial charge on any atom is 0.166 e. The van der Waals surface area contributed by atoms with Crippen LogP contribution in [0.5, 0.6) is 5.75 Å². The van der Waals surface area contributed by atoms with Crippen LogP contribution < -0.4 is 10.5 Å². The summed E-state index contributed by atoms with van der Waals surface area (Å²) < 4.78 is 16.4. The number of nitrogens with two attached hydrogens (primary N) is 1. The fourth-order valence-electron chi connectivity index (χ4n) is 3.84. The van der Waals surface area contributed by atoms with E-state index in [1.165, 1.54) is 0 Å². The van der Waals surface area contributed by atoms with Crippen molar-refractivity contribution in [3.05, 3.63) is 70.6 Å². The van der Waals surface area contributed by atoms with E-state index < -0.39 is 0 Å². The Bertz CT molecular complexity index is 1070. The number of nitrogen functional groups attached to an aromatic ring is 1. The fraction of sp³-hybridized carbons (Fsp3) is 0.360. The highest BCUT2D eigenvalue weighted by Gasteiger charge is 2.40. The summed E-state index contributed by atoms with van der Waals surface area (Å²) in [6.07, 6.45) is 5.51. The molecule has 0 bridgehead atoms. The van der Waals surface area contributed by atoms with Gasteiger partial charge in [-0.15, -0.1) is 0 Å². The number of fused-ring (bicyclic) bond motifs is 1. The molecule has 0 amide bonds. The first kappa shape index (κ1) is 26.2. The van der Waals surface area contributed by atoms with Crippen LogP contribution in [-0.4, -0.2) is 46.6 Å². The summed E-state index contributed by atoms with van der Waals surface area (Å²) in [6.45, 7) is 3.06. The molecule has 2 aliphatic heterocycles. The van der Waals surface area contributed by atoms with Crippen molar-refractivity contribution < 1.29 is 19.3 Å². The van der Waals surface area contributed by atoms with E-state index in [1.807, 2.05) is 25.1 Å². The first-order chi connectivity index (χ1) is 15.9. The van der Waals surface area contributed by atoms with Gasteiger partial charge < -0.3 is 25.1 Å². The van der Waals surface area contributed by atoms with E-state index >= 15 is 0 Å². The highest BCUT2D eigenvalue weighted by atomic mass is 35.5. The highest BCUT2D eigenvalue weighted by molar-refractivity contribution is 6.36. The predicted octanol–water partition coefficient (Wildman–Crippen LogP) is 5.34. The van der Waals surface area contributed by atoms with E-state index in [4.69, 9.17) is 48.3 Å². The van der Waals surface area contributed by atoms with Gasteiger partial charge in [0.15, 0.2) is 11.6 Å². The number of aliphatic hydroxyl groups excluding tert-OH is 1. The molecule has 0 radical (unpaired) electrons. The second-order valence-electron chi connectivity index (χ2n) is 7.81. The Hall–Kier alpha value is -2.42. The second-order valence-corrected chi connectivity index (χ2v) is 8.62. The summed E-state index contributed by atoms with van der Waals surface area (Å²) >= 11 is 12.5. The minimum absolute atomic E-state index is 0. The highest BCUT2D eigenvalue weighted by Crippen LogP contribution is 2.35. The van der Waals surface area contributed by atoms with Crippen molar-refractivity contribution in [2.45, 2.75) is 45.2 Å². The van der Waals surface area contributed by atoms with Gasteiger partial charge in [0.2, 0.25) is 0 Å². The molecule has 5 rings (SSSR count). The van der Waals surface area contributed by atoms with Crippen molar-refractivity contribution in [1.82, 2.24) is 9.97 Å². The topological polar surface area (TPSA) is 99.7 Å². The third-order valence-corrected chi connectivity index (χ3v) is 6.19. The Morgan fingerprint density at radius 3 is 2.56 bits per heavy atom. The number of aromatic nitrogens is 2. The Balaban J connectivity index is 0.000000270. The van der Waals surface area contributed by atoms with E-state index in [0.29, 0.717) is 33.8 Å². The van der Waals surface area contributed by atoms with Crippen molar-refractivity contribution in [2.24, 2.45) is 0 Å². The van der Waals surface area contributed by atoms with E-state index in [-0.39, 0.29) is 31.8 Å². The molecule has 1 aromatic carbocycles. The van der Waals surface area contributed by atoms with Crippen LogP contribution in [0.3, 0.4) is 0 Å². The van der Waals surface area contributed by atoms with Gasteiger partial charge in [0.25, 0.3) is 0 Å². The van der Waals surface area contributed by atoms with Crippen molar-refractivity contribution in [2.75, 3.05) is 18.9 Å². The maximum absolute atomic E-state index is 9.15. The average Bonchev–Trinajstić information content (AvgIpc) is 3.42. The summed E-state index contributed by atoms with van der Waals surface area (Å²) in [6, 6.07) is 11.0. The molecule has 2 aromatic heterocycles. The molecule has 2 aliphatic rings. The molecule has 3 aromatic rings. The van der Waals surface area contributed by atoms with Gasteiger partial charge in [-0.05, 0) is 37.6 Å². The minimum atomic E-state index is -0.377. The number of nitrogens with zero attached hydrogens (tertiary/aromatic N) is 2. The number of benzene rings is 1. The molecule has 9 heteroatoms. The van der Waals surface area contributed by atoms with Gasteiger partial charge in [0.05, 0.1) is 12.7 Å². The summed E-state index contributed by atoms with van der Waals surface area (Å²) in [7, 11) is 0. The number of aliphatic hydroxyl groups is 1. The smallest absolute Gasteiger partial charge is 0.166 e. The number of hydrogen-bond acceptors (Lipinski definition) is 7. The molecular formula is C25H29Cl2N3O4. The molecule has 4 heterocycles. The van der Waals surface area contributed by atoms with E-state index in [0.717, 1.165) is 24.2 Å². The lowest BCUT2D eigenvalue weighted by Crippen LogP contribution is -2.26. The van der Waals surface area contributed by atoms with Crippen LogP contribution in [-0.2, 0) is 9.47 Å². The second kappa shape index (κ2) is 11.8. The lowest BCUT2D eigenvalue weighted by atomic mass is 10.1. The predicted molar refractivity (Wildman–Crippen MR) is 134 cm³/mol. The molecule has 2 saturated heterocycles. The third kappa shape index (κ3) is 5.98. The first-order valence-corrected chi connectivity index (χ1v) is 11.4. The normalized spacial score (nSPS) is 21.6. The van der Waals surface area contributed by atoms with Gasteiger partial charge in [0.1, 0.15) is 18.3 Å². The summed E-state index contributed by atoms with van der Waals surface area (Å²) in [5.41, 5.74) is 8.46. The molecule has 0 aliphatic carbocycles. The fourth-order valence-corrected chi connectivity index (χ4v) is 4.54. The molecule has 0 saturated carbocycles. The number of ether oxygens (including phenoxy) is 3. The van der Waals surface area contributed by atoms with Crippen LogP contribution in [0.1, 0.15) is 32.4 Å². The van der Waals surface area contributed by atoms with E-state index in [2.05, 4.69) is 9.97 Å². The van der Waals surface area contributed by atoms with Gasteiger partial charge in [-0.2, -0.15) is 0 Å². The summed E-state index contributed by atoms with van der Waals surface area (Å²) in [5, 5.41) is 10.2. The van der Waals surface area contributed by atoms with Crippen LogP contribution in [0, 0.1) is 0 Å². The lowest BCUT2D eigenvalue weighted by molar-refractivity contribution is 0.0187. The Kier molecular flexibility index (Phi) is 9.10. The van der Waals surface area contributed by atoms with Crippen LogP contribution in [0.2, 0.25) is 10.0 Å². The summed E-state index contributed by atoms with van der Waals surface area (Å²) in [4.78, 5) is 8.32. The Labute approximate surface area is 209 Å². The maximum atomic E-state index is 9.15. The zero-order valence-corrected chi connectivity index (χ0v) is 19.5. The van der Waals surface area contributed by atoms with Crippen molar-refractivity contribution in [3.63, 3.8) is 0 Å². The quantitative estimate of drug-likeness (QED) is 0.493. The van der Waals surface area contributed by atoms with E-state index in [9.17, 15) is 0 Å². The zero-order chi connectivity index (χ0) is 23.4. The molecule has 182 valence electrons. The van der Waals surface area contributed by atoms with Crippen LogP contribution in [0.25, 0.3) is 11.1 Å². The zero-order valence-electron chi connectivity index (χ0n) is 18.0. The molecule has 2 fully saturated rings. The lowest BCUT2D eigenvalue weighted by Gasteiger charge is -2.19. The Morgan fingerprint density at radius 1 is 1.12 bits per heavy atom. The minimum Gasteiger partial charge on any atom is -0.482 e. The molecule has 4 unspecified atom stereocenters. The third-order valence-electron chi connectivity index (χ3n) is 5.53. The molecule has 3 N–H and O–H groups in total. The number of hydrogen-bond donors (Lipinski definition) is 2. The van der Waals surface area contributed by atoms with Gasteiger partial charge in [-0.25, -0.2) is 4.98 Å². The number of halogens is 2. The number of pyridine rings is 2.